The fourth-order valence-corrected chi connectivity index (χ4v) is 1.78. The molecule has 1 unspecified atom stereocenters. The van der Waals surface area contributed by atoms with Gasteiger partial charge in [0.25, 0.3) is 0 Å². The van der Waals surface area contributed by atoms with Crippen molar-refractivity contribution >= 4 is 5.82 Å². The van der Waals surface area contributed by atoms with Crippen molar-refractivity contribution in [1.82, 2.24) is 10.2 Å². The molecule has 1 aromatic rings. The smallest absolute Gasteiger partial charge is 0.248 e. The number of hydrogen-bond acceptors (Lipinski definition) is 2. The maximum Gasteiger partial charge on any atom is 0.248 e. The van der Waals surface area contributed by atoms with E-state index in [1.165, 1.54) is 0 Å². The molecule has 1 saturated carbocycles. The topological polar surface area (TPSA) is 54.7 Å². The molecular formula is C8H11F2N3. The predicted octanol–water partition coefficient (Wildman–Crippen LogP) is 1.89. The van der Waals surface area contributed by atoms with E-state index in [0.717, 1.165) is 5.69 Å². The van der Waals surface area contributed by atoms with Gasteiger partial charge in [-0.3, -0.25) is 5.10 Å². The summed E-state index contributed by atoms with van der Waals surface area (Å²) in [6, 6.07) is 1.63. The van der Waals surface area contributed by atoms with Gasteiger partial charge in [0.2, 0.25) is 5.92 Å². The van der Waals surface area contributed by atoms with Gasteiger partial charge in [-0.05, 0) is 6.42 Å². The van der Waals surface area contributed by atoms with E-state index in [4.69, 9.17) is 5.73 Å². The second-order valence-electron chi connectivity index (χ2n) is 3.54. The van der Waals surface area contributed by atoms with Crippen LogP contribution in [-0.2, 0) is 0 Å². The lowest BCUT2D eigenvalue weighted by atomic mass is 10.0. The number of aromatic amines is 1. The minimum atomic E-state index is -2.51. The Morgan fingerprint density at radius 2 is 2.38 bits per heavy atom. The van der Waals surface area contributed by atoms with Crippen LogP contribution in [0.4, 0.5) is 14.6 Å². The van der Waals surface area contributed by atoms with Crippen LogP contribution in [0.1, 0.15) is 30.9 Å². The van der Waals surface area contributed by atoms with Crippen LogP contribution in [0.15, 0.2) is 6.07 Å². The van der Waals surface area contributed by atoms with Crippen molar-refractivity contribution in [1.29, 1.82) is 0 Å². The third kappa shape index (κ3) is 1.64. The first kappa shape index (κ1) is 8.47. The fraction of sp³-hybridized carbons (Fsp3) is 0.625. The van der Waals surface area contributed by atoms with Crippen LogP contribution in [0.2, 0.25) is 0 Å². The lowest BCUT2D eigenvalue weighted by Crippen LogP contribution is -2.09. The zero-order chi connectivity index (χ0) is 9.47. The Balaban J connectivity index is 2.12. The third-order valence-electron chi connectivity index (χ3n) is 2.46. The van der Waals surface area contributed by atoms with Crippen molar-refractivity contribution in [2.75, 3.05) is 5.73 Å². The lowest BCUT2D eigenvalue weighted by Gasteiger charge is -2.07. The van der Waals surface area contributed by atoms with Gasteiger partial charge < -0.3 is 5.73 Å². The average molecular weight is 187 g/mol. The average Bonchev–Trinajstić information content (AvgIpc) is 2.56. The van der Waals surface area contributed by atoms with Crippen molar-refractivity contribution in [2.24, 2.45) is 0 Å². The summed E-state index contributed by atoms with van der Waals surface area (Å²) in [5, 5.41) is 6.39. The number of aromatic nitrogens is 2. The molecular weight excluding hydrogens is 176 g/mol. The highest BCUT2D eigenvalue weighted by molar-refractivity contribution is 5.30. The van der Waals surface area contributed by atoms with E-state index in [1.807, 2.05) is 0 Å². The maximum atomic E-state index is 12.8. The van der Waals surface area contributed by atoms with Crippen LogP contribution >= 0.6 is 0 Å². The van der Waals surface area contributed by atoms with Gasteiger partial charge in [0.15, 0.2) is 0 Å². The maximum absolute atomic E-state index is 12.8. The number of hydrogen-bond donors (Lipinski definition) is 2. The molecule has 0 spiro atoms. The second kappa shape index (κ2) is 2.68. The SMILES string of the molecule is Nc1cc(C2CCC(F)(F)C2)[nH]n1. The van der Waals surface area contributed by atoms with E-state index in [-0.39, 0.29) is 18.8 Å². The largest absolute Gasteiger partial charge is 0.382 e. The molecule has 0 bridgehead atoms. The van der Waals surface area contributed by atoms with E-state index >= 15 is 0 Å². The van der Waals surface area contributed by atoms with Crippen molar-refractivity contribution in [2.45, 2.75) is 31.1 Å². The standard InChI is InChI=1S/C8H11F2N3/c9-8(10)2-1-5(4-8)6-3-7(11)13-12-6/h3,5H,1-2,4H2,(H3,11,12,13). The van der Waals surface area contributed by atoms with Crippen molar-refractivity contribution < 1.29 is 8.78 Å². The van der Waals surface area contributed by atoms with E-state index in [1.54, 1.807) is 6.07 Å². The predicted molar refractivity (Wildman–Crippen MR) is 44.5 cm³/mol. The lowest BCUT2D eigenvalue weighted by molar-refractivity contribution is 0.00766. The number of H-pyrrole nitrogens is 1. The first-order chi connectivity index (χ1) is 6.07. The summed E-state index contributed by atoms with van der Waals surface area (Å²) in [5.74, 6) is -2.25. The molecule has 0 amide bonds. The van der Waals surface area contributed by atoms with E-state index in [2.05, 4.69) is 10.2 Å². The van der Waals surface area contributed by atoms with Crippen molar-refractivity contribution in [3.05, 3.63) is 11.8 Å². The molecule has 1 aromatic heterocycles. The van der Waals surface area contributed by atoms with Gasteiger partial charge in [-0.2, -0.15) is 5.10 Å². The normalized spacial score (nSPS) is 26.5. The van der Waals surface area contributed by atoms with Crippen LogP contribution in [-0.4, -0.2) is 16.1 Å². The van der Waals surface area contributed by atoms with Gasteiger partial charge in [-0.1, -0.05) is 0 Å². The molecule has 72 valence electrons. The second-order valence-corrected chi connectivity index (χ2v) is 3.54. The monoisotopic (exact) mass is 187 g/mol. The summed E-state index contributed by atoms with van der Waals surface area (Å²) in [4.78, 5) is 0. The van der Waals surface area contributed by atoms with E-state index in [9.17, 15) is 8.78 Å². The molecule has 0 aliphatic heterocycles. The number of nitrogens with two attached hydrogens (primary N) is 1. The number of nitrogens with zero attached hydrogens (tertiary/aromatic N) is 1. The number of rotatable bonds is 1. The van der Waals surface area contributed by atoms with Gasteiger partial charge in [0.1, 0.15) is 5.82 Å². The highest BCUT2D eigenvalue weighted by Crippen LogP contribution is 2.43. The number of nitrogens with one attached hydrogen (secondary N) is 1. The summed E-state index contributed by atoms with van der Waals surface area (Å²) in [6.07, 6.45) is 0.389. The van der Waals surface area contributed by atoms with Crippen LogP contribution in [0.25, 0.3) is 0 Å². The van der Waals surface area contributed by atoms with Crippen LogP contribution in [0.5, 0.6) is 0 Å². The zero-order valence-corrected chi connectivity index (χ0v) is 7.06. The number of anilines is 1. The number of halogens is 2. The first-order valence-electron chi connectivity index (χ1n) is 4.25. The highest BCUT2D eigenvalue weighted by Gasteiger charge is 2.40. The Kier molecular flexibility index (Phi) is 1.75. The first-order valence-corrected chi connectivity index (χ1v) is 4.25. The summed E-state index contributed by atoms with van der Waals surface area (Å²) in [6.45, 7) is 0. The van der Waals surface area contributed by atoms with Crippen LogP contribution in [0, 0.1) is 0 Å². The molecule has 1 aliphatic rings. The zero-order valence-electron chi connectivity index (χ0n) is 7.06. The van der Waals surface area contributed by atoms with Crippen molar-refractivity contribution in [3.63, 3.8) is 0 Å². The molecule has 0 saturated heterocycles. The highest BCUT2D eigenvalue weighted by atomic mass is 19.3. The summed E-state index contributed by atoms with van der Waals surface area (Å²) < 4.78 is 25.6. The summed E-state index contributed by atoms with van der Waals surface area (Å²) >= 11 is 0. The van der Waals surface area contributed by atoms with Crippen molar-refractivity contribution in [3.8, 4) is 0 Å². The minimum Gasteiger partial charge on any atom is -0.382 e. The summed E-state index contributed by atoms with van der Waals surface area (Å²) in [5.41, 5.74) is 6.12. The van der Waals surface area contributed by atoms with E-state index < -0.39 is 5.92 Å². The quantitative estimate of drug-likeness (QED) is 0.705. The molecule has 5 heteroatoms. The fourth-order valence-electron chi connectivity index (χ4n) is 1.78. The summed E-state index contributed by atoms with van der Waals surface area (Å²) in [7, 11) is 0. The Morgan fingerprint density at radius 3 is 2.85 bits per heavy atom. The Bertz CT molecular complexity index is 308. The number of alkyl halides is 2. The van der Waals surface area contributed by atoms with Gasteiger partial charge >= 0.3 is 0 Å². The molecule has 3 nitrogen and oxygen atoms in total. The minimum absolute atomic E-state index is 0.0312. The van der Waals surface area contributed by atoms with Gasteiger partial charge in [-0.15, -0.1) is 0 Å². The molecule has 1 fully saturated rings. The molecule has 1 heterocycles. The Morgan fingerprint density at radius 1 is 1.62 bits per heavy atom. The van der Waals surface area contributed by atoms with Gasteiger partial charge in [-0.25, -0.2) is 8.78 Å². The molecule has 0 aromatic carbocycles. The molecule has 13 heavy (non-hydrogen) atoms. The van der Waals surface area contributed by atoms with E-state index in [0.29, 0.717) is 12.2 Å². The van der Waals surface area contributed by atoms with Gasteiger partial charge in [0.05, 0.1) is 0 Å². The molecule has 1 aliphatic carbocycles. The third-order valence-corrected chi connectivity index (χ3v) is 2.46. The molecule has 0 radical (unpaired) electrons. The van der Waals surface area contributed by atoms with Crippen LogP contribution in [0.3, 0.4) is 0 Å². The number of nitrogen functional groups attached to an aromatic ring is 1. The molecule has 2 rings (SSSR count). The van der Waals surface area contributed by atoms with Gasteiger partial charge in [0, 0.05) is 30.5 Å². The molecule has 3 N–H and O–H groups in total. The Labute approximate surface area is 74.3 Å². The van der Waals surface area contributed by atoms with Crippen LogP contribution < -0.4 is 5.73 Å². The Hall–Kier alpha value is -1.13. The molecule has 1 atom stereocenters.